The van der Waals surface area contributed by atoms with Gasteiger partial charge in [0.2, 0.25) is 0 Å². The van der Waals surface area contributed by atoms with E-state index in [9.17, 15) is 0 Å². The summed E-state index contributed by atoms with van der Waals surface area (Å²) < 4.78 is 2.87. The van der Waals surface area contributed by atoms with Gasteiger partial charge in [-0.1, -0.05) is 6.07 Å². The fraction of sp³-hybridized carbons (Fsp3) is 0.200. The highest BCUT2D eigenvalue weighted by Gasteiger charge is 1.92. The molecule has 0 N–H and O–H groups in total. The van der Waals surface area contributed by atoms with Crippen LogP contribution in [0.3, 0.4) is 0 Å². The van der Waals surface area contributed by atoms with Crippen molar-refractivity contribution in [1.82, 2.24) is 4.57 Å². The van der Waals surface area contributed by atoms with Gasteiger partial charge in [0.05, 0.1) is 4.60 Å². The van der Waals surface area contributed by atoms with Crippen molar-refractivity contribution in [1.29, 1.82) is 0 Å². The predicted molar refractivity (Wildman–Crippen MR) is 38.5 cm³/mol. The second kappa shape index (κ2) is 1.98. The lowest BCUT2D eigenvalue weighted by Crippen LogP contribution is -2.12. The Labute approximate surface area is 58.2 Å². The Morgan fingerprint density at radius 3 is 2.38 bits per heavy atom. The largest absolute Gasteiger partial charge is 0.353 e. The highest BCUT2D eigenvalue weighted by atomic mass is 79.9. The molecule has 0 aliphatic carbocycles. The van der Waals surface area contributed by atoms with Gasteiger partial charge in [0.15, 0.2) is 0 Å². The third kappa shape index (κ3) is 0.824. The van der Waals surface area contributed by atoms with Crippen LogP contribution in [-0.4, -0.2) is 12.4 Å². The smallest absolute Gasteiger partial charge is 0.138 e. The summed E-state index contributed by atoms with van der Waals surface area (Å²) in [6.45, 7) is 0. The van der Waals surface area contributed by atoms with Crippen LogP contribution in [0.2, 0.25) is 0 Å². The molecule has 0 aliphatic heterocycles. The van der Waals surface area contributed by atoms with Crippen LogP contribution in [0.25, 0.3) is 0 Å². The molecule has 0 unspecified atom stereocenters. The Morgan fingerprint density at radius 1 is 1.62 bits per heavy atom. The Bertz CT molecular complexity index is 175. The molecular formula is C5H5BBrN. The maximum absolute atomic E-state index is 5.47. The van der Waals surface area contributed by atoms with E-state index < -0.39 is 0 Å². The molecule has 0 bridgehead atoms. The summed E-state index contributed by atoms with van der Waals surface area (Å²) in [7, 11) is 7.38. The van der Waals surface area contributed by atoms with Crippen molar-refractivity contribution in [3.05, 3.63) is 16.7 Å². The molecule has 8 heavy (non-hydrogen) atoms. The van der Waals surface area contributed by atoms with Crippen LogP contribution < -0.4 is 5.59 Å². The van der Waals surface area contributed by atoms with Gasteiger partial charge in [-0.25, -0.2) is 0 Å². The van der Waals surface area contributed by atoms with Crippen molar-refractivity contribution in [3.63, 3.8) is 0 Å². The van der Waals surface area contributed by atoms with Gasteiger partial charge in [-0.2, -0.15) is 0 Å². The summed E-state index contributed by atoms with van der Waals surface area (Å²) in [6.07, 6.45) is 0. The van der Waals surface area contributed by atoms with Crippen LogP contribution in [0.5, 0.6) is 0 Å². The number of hydrogen-bond donors (Lipinski definition) is 0. The lowest BCUT2D eigenvalue weighted by atomic mass is 10.1. The molecule has 2 radical (unpaired) electrons. The molecular weight excluding hydrogens is 165 g/mol. The molecule has 0 saturated carbocycles. The van der Waals surface area contributed by atoms with E-state index in [1.807, 2.05) is 23.7 Å². The second-order valence-corrected chi connectivity index (χ2v) is 2.45. The molecule has 0 saturated heterocycles. The van der Waals surface area contributed by atoms with Crippen molar-refractivity contribution < 1.29 is 0 Å². The third-order valence-electron chi connectivity index (χ3n) is 1.10. The van der Waals surface area contributed by atoms with E-state index in [1.165, 1.54) is 0 Å². The molecule has 0 amide bonds. The molecule has 1 nitrogen and oxygen atoms in total. The summed E-state index contributed by atoms with van der Waals surface area (Å²) in [5.74, 6) is 0. The molecule has 1 aromatic rings. The number of nitrogens with zero attached hydrogens (tertiary/aromatic N) is 1. The van der Waals surface area contributed by atoms with Gasteiger partial charge in [-0.3, -0.25) is 0 Å². The van der Waals surface area contributed by atoms with Crippen molar-refractivity contribution in [2.75, 3.05) is 0 Å². The third-order valence-corrected chi connectivity index (χ3v) is 1.90. The van der Waals surface area contributed by atoms with Gasteiger partial charge in [-0.15, -0.1) is 0 Å². The molecule has 0 atom stereocenters. The molecule has 1 aromatic heterocycles. The molecule has 1 heterocycles. The van der Waals surface area contributed by atoms with Crippen LogP contribution in [0.1, 0.15) is 0 Å². The van der Waals surface area contributed by atoms with Crippen molar-refractivity contribution in [2.24, 2.45) is 7.05 Å². The van der Waals surface area contributed by atoms with Crippen molar-refractivity contribution in [2.45, 2.75) is 0 Å². The molecule has 0 spiro atoms. The zero-order chi connectivity index (χ0) is 6.15. The second-order valence-electron chi connectivity index (χ2n) is 1.64. The lowest BCUT2D eigenvalue weighted by Gasteiger charge is -1.95. The Kier molecular flexibility index (Phi) is 1.47. The van der Waals surface area contributed by atoms with Crippen molar-refractivity contribution >= 4 is 29.4 Å². The van der Waals surface area contributed by atoms with Gasteiger partial charge < -0.3 is 4.57 Å². The molecule has 40 valence electrons. The first-order chi connectivity index (χ1) is 3.72. The Morgan fingerprint density at radius 2 is 2.25 bits per heavy atom. The average Bonchev–Trinajstić information content (AvgIpc) is 1.98. The fourth-order valence-corrected chi connectivity index (χ4v) is 0.838. The maximum atomic E-state index is 5.47. The van der Waals surface area contributed by atoms with E-state index in [0.717, 1.165) is 10.2 Å². The first-order valence-electron chi connectivity index (χ1n) is 2.28. The maximum Gasteiger partial charge on any atom is 0.138 e. The number of aromatic nitrogens is 1. The van der Waals surface area contributed by atoms with Gasteiger partial charge in [0.1, 0.15) is 7.85 Å². The Balaban J connectivity index is 3.19. The SMILES string of the molecule is [B]c1ccc(Br)n1C. The first kappa shape index (κ1) is 5.95. The standard InChI is InChI=1S/C5H5BBrN/c1-8-4(6)2-3-5(8)7/h2-3H,1H3. The number of halogens is 1. The van der Waals surface area contributed by atoms with Gasteiger partial charge in [0.25, 0.3) is 0 Å². The summed E-state index contributed by atoms with van der Waals surface area (Å²) >= 11 is 3.30. The highest BCUT2D eigenvalue weighted by Crippen LogP contribution is 2.04. The minimum absolute atomic E-state index is 0.775. The first-order valence-corrected chi connectivity index (χ1v) is 3.08. The molecule has 0 aliphatic rings. The number of hydrogen-bond acceptors (Lipinski definition) is 0. The highest BCUT2D eigenvalue weighted by molar-refractivity contribution is 9.10. The van der Waals surface area contributed by atoms with E-state index in [1.54, 1.807) is 0 Å². The van der Waals surface area contributed by atoms with Crippen LogP contribution in [-0.2, 0) is 7.05 Å². The van der Waals surface area contributed by atoms with E-state index in [4.69, 9.17) is 7.85 Å². The average molecular weight is 170 g/mol. The van der Waals surface area contributed by atoms with Gasteiger partial charge in [0, 0.05) is 7.05 Å². The molecule has 3 heteroatoms. The summed E-state index contributed by atoms with van der Waals surface area (Å²) in [4.78, 5) is 0. The minimum Gasteiger partial charge on any atom is -0.353 e. The summed E-state index contributed by atoms with van der Waals surface area (Å²) in [5, 5.41) is 0. The van der Waals surface area contributed by atoms with Gasteiger partial charge >= 0.3 is 0 Å². The molecule has 0 fully saturated rings. The van der Waals surface area contributed by atoms with E-state index in [2.05, 4.69) is 15.9 Å². The quantitative estimate of drug-likeness (QED) is 0.501. The zero-order valence-corrected chi connectivity index (χ0v) is 6.14. The zero-order valence-electron chi connectivity index (χ0n) is 4.56. The monoisotopic (exact) mass is 169 g/mol. The Hall–Kier alpha value is -0.175. The van der Waals surface area contributed by atoms with E-state index in [-0.39, 0.29) is 0 Å². The number of rotatable bonds is 0. The van der Waals surface area contributed by atoms with Crippen molar-refractivity contribution in [3.8, 4) is 0 Å². The lowest BCUT2D eigenvalue weighted by molar-refractivity contribution is 0.931. The normalized spacial score (nSPS) is 9.75. The van der Waals surface area contributed by atoms with Crippen LogP contribution in [0.4, 0.5) is 0 Å². The topological polar surface area (TPSA) is 4.93 Å². The van der Waals surface area contributed by atoms with E-state index in [0.29, 0.717) is 0 Å². The molecule has 0 aromatic carbocycles. The fourth-order valence-electron chi connectivity index (χ4n) is 0.501. The predicted octanol–water partition coefficient (Wildman–Crippen LogP) is 0.581. The van der Waals surface area contributed by atoms with Crippen LogP contribution in [0, 0.1) is 0 Å². The van der Waals surface area contributed by atoms with Gasteiger partial charge in [-0.05, 0) is 27.6 Å². The van der Waals surface area contributed by atoms with Crippen LogP contribution >= 0.6 is 15.9 Å². The minimum atomic E-state index is 0.775. The summed E-state index contributed by atoms with van der Waals surface area (Å²) in [6, 6.07) is 3.76. The summed E-state index contributed by atoms with van der Waals surface area (Å²) in [5.41, 5.74) is 0.775. The molecule has 1 rings (SSSR count). The van der Waals surface area contributed by atoms with E-state index >= 15 is 0 Å². The van der Waals surface area contributed by atoms with Crippen LogP contribution in [0.15, 0.2) is 16.7 Å².